The number of aromatic nitrogens is 4. The maximum absolute atomic E-state index is 14.1. The normalized spacial score (nSPS) is 12.6. The van der Waals surface area contributed by atoms with Crippen LogP contribution in [0.15, 0.2) is 42.5 Å². The number of carbonyl (C=O) groups is 1. The number of pyridine rings is 1. The lowest BCUT2D eigenvalue weighted by Crippen LogP contribution is -2.18. The molecule has 0 bridgehead atoms. The number of nitrogens with two attached hydrogens (primary N) is 1. The average molecular weight is 630 g/mol. The lowest BCUT2D eigenvalue weighted by Gasteiger charge is -2.20. The maximum atomic E-state index is 14.1. The van der Waals surface area contributed by atoms with Crippen LogP contribution in [0.2, 0.25) is 0 Å². The van der Waals surface area contributed by atoms with Crippen molar-refractivity contribution in [1.29, 1.82) is 0 Å². The summed E-state index contributed by atoms with van der Waals surface area (Å²) in [7, 11) is -0.336. The Hall–Kier alpha value is -4.21. The van der Waals surface area contributed by atoms with Gasteiger partial charge in [-0.05, 0) is 36.2 Å². The van der Waals surface area contributed by atoms with Crippen molar-refractivity contribution in [3.63, 3.8) is 0 Å². The molecule has 0 saturated carbocycles. The van der Waals surface area contributed by atoms with E-state index in [1.54, 1.807) is 31.0 Å². The van der Waals surface area contributed by atoms with Crippen molar-refractivity contribution >= 4 is 59.5 Å². The van der Waals surface area contributed by atoms with Gasteiger partial charge in [0.15, 0.2) is 16.6 Å². The van der Waals surface area contributed by atoms with Crippen LogP contribution in [0, 0.1) is 11.6 Å². The molecule has 0 aliphatic rings. The van der Waals surface area contributed by atoms with Crippen LogP contribution in [0.5, 0.6) is 0 Å². The summed E-state index contributed by atoms with van der Waals surface area (Å²) in [5.41, 5.74) is 8.72. The van der Waals surface area contributed by atoms with Gasteiger partial charge in [0.05, 0.1) is 28.8 Å². The molecule has 43 heavy (non-hydrogen) atoms. The number of nitrogens with one attached hydrogen (secondary N) is 2. The van der Waals surface area contributed by atoms with Gasteiger partial charge in [-0.2, -0.15) is 5.10 Å². The molecule has 0 saturated heterocycles. The minimum atomic E-state index is -3.62. The second-order valence-corrected chi connectivity index (χ2v) is 12.9. The summed E-state index contributed by atoms with van der Waals surface area (Å²) in [6, 6.07) is 10.4. The molecule has 1 amide bonds. The predicted octanol–water partition coefficient (Wildman–Crippen LogP) is 4.15. The summed E-state index contributed by atoms with van der Waals surface area (Å²) in [6.07, 6.45) is 0.947. The average Bonchev–Trinajstić information content (AvgIpc) is 3.45. The third-order valence-electron chi connectivity index (χ3n) is 6.67. The van der Waals surface area contributed by atoms with E-state index >= 15 is 0 Å². The van der Waals surface area contributed by atoms with Crippen LogP contribution >= 0.6 is 11.3 Å². The summed E-state index contributed by atoms with van der Waals surface area (Å²) < 4.78 is 62.2. The fourth-order valence-electron chi connectivity index (χ4n) is 5.07. The maximum Gasteiger partial charge on any atom is 0.231 e. The van der Waals surface area contributed by atoms with Gasteiger partial charge in [0.25, 0.3) is 0 Å². The number of carbonyl (C=O) groups excluding carboxylic acids is 1. The second kappa shape index (κ2) is 12.2. The number of thiazole rings is 1. The van der Waals surface area contributed by atoms with Gasteiger partial charge in [-0.25, -0.2) is 27.2 Å². The summed E-state index contributed by atoms with van der Waals surface area (Å²) in [4.78, 5) is 21.8. The number of ether oxygens (including phenoxy) is 1. The topological polar surface area (TPSA) is 154 Å². The Morgan fingerprint density at radius 2 is 1.88 bits per heavy atom. The zero-order valence-electron chi connectivity index (χ0n) is 23.5. The van der Waals surface area contributed by atoms with E-state index in [2.05, 4.69) is 20.1 Å². The van der Waals surface area contributed by atoms with E-state index in [0.29, 0.717) is 57.2 Å². The quantitative estimate of drug-likeness (QED) is 0.174. The van der Waals surface area contributed by atoms with Gasteiger partial charge in [-0.3, -0.25) is 14.2 Å². The van der Waals surface area contributed by atoms with Crippen LogP contribution in [0.3, 0.4) is 0 Å². The van der Waals surface area contributed by atoms with Gasteiger partial charge in [0.2, 0.25) is 15.9 Å². The largest absolute Gasteiger partial charge is 0.383 e. The number of halogens is 2. The Bertz CT molecular complexity index is 1920. The highest BCUT2D eigenvalue weighted by molar-refractivity contribution is 7.92. The van der Waals surface area contributed by atoms with Crippen LogP contribution in [0.1, 0.15) is 23.6 Å². The van der Waals surface area contributed by atoms with E-state index in [1.165, 1.54) is 23.5 Å². The van der Waals surface area contributed by atoms with Crippen LogP contribution in [-0.4, -0.2) is 60.6 Å². The van der Waals surface area contributed by atoms with E-state index in [-0.39, 0.29) is 18.7 Å². The Morgan fingerprint density at radius 1 is 1.14 bits per heavy atom. The molecular formula is C28H29F2N7O4S2. The van der Waals surface area contributed by atoms with Gasteiger partial charge in [-0.1, -0.05) is 23.5 Å². The molecule has 5 aromatic rings. The number of methoxy groups -OCH3 is 1. The van der Waals surface area contributed by atoms with Gasteiger partial charge < -0.3 is 15.8 Å². The van der Waals surface area contributed by atoms with Crippen molar-refractivity contribution < 1.29 is 26.7 Å². The fraction of sp³-hybridized carbons (Fsp3) is 0.286. The molecule has 3 aromatic heterocycles. The lowest BCUT2D eigenvalue weighted by atomic mass is 9.87. The van der Waals surface area contributed by atoms with Crippen molar-refractivity contribution in [2.24, 2.45) is 12.8 Å². The molecule has 0 fully saturated rings. The summed E-state index contributed by atoms with van der Waals surface area (Å²) in [6.45, 7) is 0.993. The van der Waals surface area contributed by atoms with Gasteiger partial charge in [0, 0.05) is 55.6 Å². The van der Waals surface area contributed by atoms with E-state index in [4.69, 9.17) is 15.5 Å². The number of anilines is 2. The first kappa shape index (κ1) is 30.3. The van der Waals surface area contributed by atoms with Crippen molar-refractivity contribution in [2.75, 3.05) is 36.6 Å². The number of hydrogen-bond acceptors (Lipinski definition) is 9. The molecular weight excluding hydrogens is 600 g/mol. The van der Waals surface area contributed by atoms with Crippen LogP contribution in [0.25, 0.3) is 32.4 Å². The number of benzene rings is 2. The first-order chi connectivity index (χ1) is 20.4. The zero-order valence-corrected chi connectivity index (χ0v) is 25.2. The van der Waals surface area contributed by atoms with Crippen LogP contribution in [-0.2, 0) is 33.0 Å². The van der Waals surface area contributed by atoms with E-state index < -0.39 is 33.5 Å². The summed E-state index contributed by atoms with van der Waals surface area (Å²) in [5, 5.41) is 8.75. The predicted molar refractivity (Wildman–Crippen MR) is 163 cm³/mol. The number of aryl methyl sites for hydroxylation is 1. The van der Waals surface area contributed by atoms with E-state index in [9.17, 15) is 22.0 Å². The van der Waals surface area contributed by atoms with Crippen molar-refractivity contribution in [2.45, 2.75) is 18.8 Å². The second-order valence-electron chi connectivity index (χ2n) is 10.1. The number of fused-ring (bicyclic) bond motifs is 2. The number of primary amides is 1. The van der Waals surface area contributed by atoms with Gasteiger partial charge >= 0.3 is 0 Å². The van der Waals surface area contributed by atoms with Crippen LogP contribution in [0.4, 0.5) is 19.7 Å². The molecule has 5 rings (SSSR count). The van der Waals surface area contributed by atoms with E-state index in [1.807, 2.05) is 12.1 Å². The number of hydrogen-bond donors (Lipinski definition) is 3. The molecule has 15 heteroatoms. The summed E-state index contributed by atoms with van der Waals surface area (Å²) in [5.74, 6) is -2.62. The Kier molecular flexibility index (Phi) is 8.57. The van der Waals surface area contributed by atoms with Crippen molar-refractivity contribution in [1.82, 2.24) is 19.7 Å². The molecule has 0 radical (unpaired) electrons. The highest BCUT2D eigenvalue weighted by Crippen LogP contribution is 2.40. The highest BCUT2D eigenvalue weighted by atomic mass is 32.2. The molecule has 0 aliphatic heterocycles. The number of sulfonamides is 1. The van der Waals surface area contributed by atoms with Gasteiger partial charge in [-0.15, -0.1) is 0 Å². The standard InChI is InChI=1S/C28H29F2N7O4S2/c1-37-25-19(5-4-6-20(25)26(35-37)36-43(3,39)40)21-14-22-27(34-28(42-22)32-7-8-41-2)33-24(21)16(12-23(31)38)9-15-10-17(29)13-18(30)11-15/h4-6,10-11,13-14,16H,7-9,12H2,1-3H3,(H2,31,38)(H,35,36)(H,32,33,34)/t16-/m0/s1. The van der Waals surface area contributed by atoms with Gasteiger partial charge in [0.1, 0.15) is 11.6 Å². The fourth-order valence-corrected chi connectivity index (χ4v) is 6.44. The number of nitrogens with zero attached hydrogens (tertiary/aromatic N) is 4. The number of rotatable bonds is 12. The molecule has 4 N–H and O–H groups in total. The molecule has 3 heterocycles. The monoisotopic (exact) mass is 629 g/mol. The minimum absolute atomic E-state index is 0.0639. The molecule has 2 aromatic carbocycles. The lowest BCUT2D eigenvalue weighted by molar-refractivity contribution is -0.118. The Morgan fingerprint density at radius 3 is 2.56 bits per heavy atom. The Balaban J connectivity index is 1.73. The Labute approximate surface area is 250 Å². The third-order valence-corrected chi connectivity index (χ3v) is 8.18. The first-order valence-electron chi connectivity index (χ1n) is 13.1. The molecule has 1 atom stereocenters. The highest BCUT2D eigenvalue weighted by Gasteiger charge is 2.26. The molecule has 11 nitrogen and oxygen atoms in total. The van der Waals surface area contributed by atoms with Crippen molar-refractivity contribution in [3.8, 4) is 11.1 Å². The number of amides is 1. The molecule has 0 spiro atoms. The minimum Gasteiger partial charge on any atom is -0.383 e. The first-order valence-corrected chi connectivity index (χ1v) is 15.8. The third kappa shape index (κ3) is 6.89. The zero-order chi connectivity index (χ0) is 30.9. The van der Waals surface area contributed by atoms with Crippen LogP contribution < -0.4 is 15.8 Å². The molecule has 226 valence electrons. The van der Waals surface area contributed by atoms with Crippen molar-refractivity contribution in [3.05, 3.63) is 65.4 Å². The SMILES string of the molecule is COCCNc1nc2nc([C@H](CC(N)=O)Cc3cc(F)cc(F)c3)c(-c3cccc4c(NS(C)(=O)=O)nn(C)c34)cc2s1. The molecule has 0 unspecified atom stereocenters. The summed E-state index contributed by atoms with van der Waals surface area (Å²) >= 11 is 1.38. The molecule has 0 aliphatic carbocycles. The number of para-hydroxylation sites is 1. The van der Waals surface area contributed by atoms with E-state index in [0.717, 1.165) is 17.0 Å². The smallest absolute Gasteiger partial charge is 0.231 e.